The van der Waals surface area contributed by atoms with Gasteiger partial charge in [0.1, 0.15) is 17.6 Å². The van der Waals surface area contributed by atoms with Gasteiger partial charge in [-0.2, -0.15) is 0 Å². The van der Waals surface area contributed by atoms with Crippen LogP contribution in [-0.4, -0.2) is 25.8 Å². The fourth-order valence-electron chi connectivity index (χ4n) is 2.15. The van der Waals surface area contributed by atoms with Crippen LogP contribution in [0.15, 0.2) is 30.9 Å². The van der Waals surface area contributed by atoms with E-state index in [2.05, 4.69) is 11.9 Å². The van der Waals surface area contributed by atoms with Crippen molar-refractivity contribution in [2.45, 2.75) is 25.9 Å². The third-order valence-corrected chi connectivity index (χ3v) is 3.02. The molecule has 0 saturated carbocycles. The molecular formula is C15H21NO2. The van der Waals surface area contributed by atoms with Crippen LogP contribution in [0, 0.1) is 0 Å². The van der Waals surface area contributed by atoms with E-state index >= 15 is 0 Å². The fourth-order valence-corrected chi connectivity index (χ4v) is 2.15. The molecule has 0 spiro atoms. The minimum absolute atomic E-state index is 0.284. The lowest BCUT2D eigenvalue weighted by Gasteiger charge is -2.16. The topological polar surface area (TPSA) is 30.5 Å². The zero-order valence-electron chi connectivity index (χ0n) is 10.9. The van der Waals surface area contributed by atoms with Gasteiger partial charge in [-0.15, -0.1) is 6.58 Å². The fraction of sp³-hybridized carbons (Fsp3) is 0.467. The molecule has 1 heterocycles. The van der Waals surface area contributed by atoms with Gasteiger partial charge in [0.25, 0.3) is 0 Å². The number of benzene rings is 1. The van der Waals surface area contributed by atoms with Gasteiger partial charge in [-0.1, -0.05) is 6.08 Å². The normalized spacial score (nSPS) is 18.6. The van der Waals surface area contributed by atoms with Gasteiger partial charge in [-0.05, 0) is 44.5 Å². The summed E-state index contributed by atoms with van der Waals surface area (Å²) in [6.45, 7) is 8.44. The molecule has 1 atom stereocenters. The number of ether oxygens (including phenoxy) is 2. The van der Waals surface area contributed by atoms with E-state index < -0.39 is 0 Å². The largest absolute Gasteiger partial charge is 0.494 e. The Kier molecular flexibility index (Phi) is 4.65. The zero-order chi connectivity index (χ0) is 12.8. The van der Waals surface area contributed by atoms with Crippen LogP contribution in [0.2, 0.25) is 0 Å². The molecule has 18 heavy (non-hydrogen) atoms. The maximum Gasteiger partial charge on any atom is 0.123 e. The molecule has 1 aromatic carbocycles. The zero-order valence-corrected chi connectivity index (χ0v) is 10.9. The highest BCUT2D eigenvalue weighted by Crippen LogP contribution is 2.26. The number of hydrogen-bond donors (Lipinski definition) is 1. The van der Waals surface area contributed by atoms with E-state index in [1.165, 1.54) is 0 Å². The van der Waals surface area contributed by atoms with Crippen molar-refractivity contribution in [2.75, 3.05) is 19.7 Å². The van der Waals surface area contributed by atoms with Crippen LogP contribution >= 0.6 is 0 Å². The summed E-state index contributed by atoms with van der Waals surface area (Å²) < 4.78 is 11.5. The SMILES string of the molecule is C=CCc1cc(OCC)ccc1OC1CCNC1. The minimum Gasteiger partial charge on any atom is -0.494 e. The van der Waals surface area contributed by atoms with Gasteiger partial charge in [0.15, 0.2) is 0 Å². The average Bonchev–Trinajstić information content (AvgIpc) is 2.86. The molecule has 1 aromatic rings. The number of allylic oxidation sites excluding steroid dienone is 1. The first-order chi connectivity index (χ1) is 8.83. The van der Waals surface area contributed by atoms with Crippen molar-refractivity contribution in [2.24, 2.45) is 0 Å². The van der Waals surface area contributed by atoms with Gasteiger partial charge < -0.3 is 14.8 Å². The van der Waals surface area contributed by atoms with E-state index in [-0.39, 0.29) is 6.10 Å². The summed E-state index contributed by atoms with van der Waals surface area (Å²) in [5.74, 6) is 1.85. The van der Waals surface area contributed by atoms with Crippen molar-refractivity contribution >= 4 is 0 Å². The summed E-state index contributed by atoms with van der Waals surface area (Å²) >= 11 is 0. The van der Waals surface area contributed by atoms with E-state index in [0.717, 1.165) is 43.0 Å². The Balaban J connectivity index is 2.13. The molecule has 0 aromatic heterocycles. The van der Waals surface area contributed by atoms with E-state index in [1.807, 2.05) is 31.2 Å². The highest BCUT2D eigenvalue weighted by Gasteiger charge is 2.17. The number of hydrogen-bond acceptors (Lipinski definition) is 3. The first kappa shape index (κ1) is 13.0. The lowest BCUT2D eigenvalue weighted by atomic mass is 10.1. The standard InChI is InChI=1S/C15H21NO2/c1-3-5-12-10-13(17-4-2)6-7-15(12)18-14-8-9-16-11-14/h3,6-7,10,14,16H,1,4-5,8-9,11H2,2H3. The Morgan fingerprint density at radius 3 is 3.06 bits per heavy atom. The minimum atomic E-state index is 0.284. The second kappa shape index (κ2) is 6.45. The lowest BCUT2D eigenvalue weighted by molar-refractivity contribution is 0.220. The van der Waals surface area contributed by atoms with Gasteiger partial charge in [-0.25, -0.2) is 0 Å². The molecule has 1 saturated heterocycles. The monoisotopic (exact) mass is 247 g/mol. The van der Waals surface area contributed by atoms with Crippen LogP contribution in [0.1, 0.15) is 18.9 Å². The van der Waals surface area contributed by atoms with Gasteiger partial charge in [-0.3, -0.25) is 0 Å². The predicted molar refractivity (Wildman–Crippen MR) is 73.4 cm³/mol. The molecule has 1 fully saturated rings. The summed E-state index contributed by atoms with van der Waals surface area (Å²) in [6, 6.07) is 6.01. The molecule has 0 amide bonds. The van der Waals surface area contributed by atoms with Gasteiger partial charge in [0.05, 0.1) is 6.61 Å². The molecule has 98 valence electrons. The summed E-state index contributed by atoms with van der Waals surface area (Å²) in [5, 5.41) is 3.31. The predicted octanol–water partition coefficient (Wildman–Crippen LogP) is 2.55. The van der Waals surface area contributed by atoms with Crippen LogP contribution < -0.4 is 14.8 Å². The summed E-state index contributed by atoms with van der Waals surface area (Å²) in [7, 11) is 0. The van der Waals surface area contributed by atoms with E-state index in [0.29, 0.717) is 6.61 Å². The molecule has 1 aliphatic heterocycles. The van der Waals surface area contributed by atoms with Crippen LogP contribution in [0.4, 0.5) is 0 Å². The maximum absolute atomic E-state index is 6.03. The van der Waals surface area contributed by atoms with Crippen molar-refractivity contribution in [1.29, 1.82) is 0 Å². The molecule has 0 bridgehead atoms. The van der Waals surface area contributed by atoms with Crippen molar-refractivity contribution in [3.8, 4) is 11.5 Å². The molecule has 1 N–H and O–H groups in total. The first-order valence-electron chi connectivity index (χ1n) is 6.57. The van der Waals surface area contributed by atoms with E-state index in [1.54, 1.807) is 0 Å². The van der Waals surface area contributed by atoms with Gasteiger partial charge in [0, 0.05) is 12.1 Å². The number of nitrogens with one attached hydrogen (secondary N) is 1. The van der Waals surface area contributed by atoms with E-state index in [9.17, 15) is 0 Å². The molecule has 2 rings (SSSR count). The molecule has 0 radical (unpaired) electrons. The van der Waals surface area contributed by atoms with Crippen LogP contribution in [0.25, 0.3) is 0 Å². The second-order valence-electron chi connectivity index (χ2n) is 4.43. The first-order valence-corrected chi connectivity index (χ1v) is 6.57. The average molecular weight is 247 g/mol. The molecule has 0 aliphatic carbocycles. The van der Waals surface area contributed by atoms with Gasteiger partial charge >= 0.3 is 0 Å². The lowest BCUT2D eigenvalue weighted by Crippen LogP contribution is -2.20. The maximum atomic E-state index is 6.03. The Bertz CT molecular complexity index is 397. The summed E-state index contributed by atoms with van der Waals surface area (Å²) in [5.41, 5.74) is 1.14. The molecular weight excluding hydrogens is 226 g/mol. The molecule has 3 heteroatoms. The smallest absolute Gasteiger partial charge is 0.123 e. The Morgan fingerprint density at radius 1 is 1.50 bits per heavy atom. The van der Waals surface area contributed by atoms with Crippen LogP contribution in [-0.2, 0) is 6.42 Å². The molecule has 1 aliphatic rings. The quantitative estimate of drug-likeness (QED) is 0.784. The van der Waals surface area contributed by atoms with E-state index in [4.69, 9.17) is 9.47 Å². The third kappa shape index (κ3) is 3.26. The third-order valence-electron chi connectivity index (χ3n) is 3.02. The number of rotatable bonds is 6. The van der Waals surface area contributed by atoms with Crippen LogP contribution in [0.3, 0.4) is 0 Å². The van der Waals surface area contributed by atoms with Crippen molar-refractivity contribution in [1.82, 2.24) is 5.32 Å². The van der Waals surface area contributed by atoms with Crippen molar-refractivity contribution in [3.63, 3.8) is 0 Å². The molecule has 3 nitrogen and oxygen atoms in total. The Labute approximate surface area is 109 Å². The van der Waals surface area contributed by atoms with Crippen LogP contribution in [0.5, 0.6) is 11.5 Å². The summed E-state index contributed by atoms with van der Waals surface area (Å²) in [6.07, 6.45) is 4.05. The highest BCUT2D eigenvalue weighted by atomic mass is 16.5. The highest BCUT2D eigenvalue weighted by molar-refractivity contribution is 5.41. The Hall–Kier alpha value is -1.48. The second-order valence-corrected chi connectivity index (χ2v) is 4.43. The Morgan fingerprint density at radius 2 is 2.39 bits per heavy atom. The van der Waals surface area contributed by atoms with Gasteiger partial charge in [0.2, 0.25) is 0 Å². The van der Waals surface area contributed by atoms with Crippen molar-refractivity contribution in [3.05, 3.63) is 36.4 Å². The van der Waals surface area contributed by atoms with Crippen molar-refractivity contribution < 1.29 is 9.47 Å². The molecule has 1 unspecified atom stereocenters. The summed E-state index contributed by atoms with van der Waals surface area (Å²) in [4.78, 5) is 0.